The van der Waals surface area contributed by atoms with Crippen molar-refractivity contribution in [3.8, 4) is 0 Å². The zero-order valence-corrected chi connectivity index (χ0v) is 13.3. The maximum atomic E-state index is 12.1. The Morgan fingerprint density at radius 3 is 2.81 bits per heavy atom. The summed E-state index contributed by atoms with van der Waals surface area (Å²) in [6.07, 6.45) is -0.941. The van der Waals surface area contributed by atoms with Crippen molar-refractivity contribution in [3.63, 3.8) is 0 Å². The number of fused-ring (bicyclic) bond motifs is 1. The lowest BCUT2D eigenvalue weighted by atomic mass is 9.94. The largest absolute Gasteiger partial charge is 0.394 e. The molecule has 3 rings (SSSR count). The standard InChI is InChI=1S/C13H17N7O6/c14-1-7(23)19-13(25)9(24)6(2-21)26-12(13,3-22)20-5-18-8-10(15)16-4-17-11(8)20/h3-6,9,21,24-25H,1-2,14H2,(H,19,23)(H2,15,16,17)/t6-,9-,12-,13-/m1/s1. The predicted octanol–water partition coefficient (Wildman–Crippen LogP) is -4.22. The smallest absolute Gasteiger partial charge is 0.256 e. The molecule has 26 heavy (non-hydrogen) atoms. The highest BCUT2D eigenvalue weighted by atomic mass is 16.6. The van der Waals surface area contributed by atoms with Crippen molar-refractivity contribution < 1.29 is 29.6 Å². The Bertz CT molecular complexity index is 859. The van der Waals surface area contributed by atoms with E-state index in [1.54, 1.807) is 0 Å². The Morgan fingerprint density at radius 2 is 2.19 bits per heavy atom. The molecule has 0 unspecified atom stereocenters. The normalized spacial score (nSPS) is 31.2. The van der Waals surface area contributed by atoms with Gasteiger partial charge in [0.25, 0.3) is 5.72 Å². The molecule has 0 spiro atoms. The summed E-state index contributed by atoms with van der Waals surface area (Å²) >= 11 is 0. The van der Waals surface area contributed by atoms with E-state index in [0.717, 1.165) is 17.2 Å². The first-order valence-electron chi connectivity index (χ1n) is 7.45. The van der Waals surface area contributed by atoms with Crippen molar-refractivity contribution in [1.82, 2.24) is 24.8 Å². The molecular weight excluding hydrogens is 350 g/mol. The van der Waals surface area contributed by atoms with Gasteiger partial charge in [0.1, 0.15) is 30.4 Å². The van der Waals surface area contributed by atoms with Crippen molar-refractivity contribution in [1.29, 1.82) is 0 Å². The number of hydrogen-bond acceptors (Lipinski definition) is 11. The zero-order valence-electron chi connectivity index (χ0n) is 13.3. The van der Waals surface area contributed by atoms with Crippen LogP contribution in [0.5, 0.6) is 0 Å². The molecule has 140 valence electrons. The molecule has 8 N–H and O–H groups in total. The molecule has 1 saturated heterocycles. The van der Waals surface area contributed by atoms with Crippen LogP contribution in [-0.4, -0.2) is 78.1 Å². The molecule has 1 amide bonds. The molecule has 0 radical (unpaired) electrons. The number of nitrogens with two attached hydrogens (primary N) is 2. The molecule has 13 heteroatoms. The van der Waals surface area contributed by atoms with Crippen molar-refractivity contribution >= 4 is 29.2 Å². The number of nitrogens with one attached hydrogen (secondary N) is 1. The minimum Gasteiger partial charge on any atom is -0.394 e. The van der Waals surface area contributed by atoms with Crippen LogP contribution in [-0.2, 0) is 20.1 Å². The Labute approximate surface area is 145 Å². The number of nitrogen functional groups attached to an aromatic ring is 1. The SMILES string of the molecule is NCC(=O)N[C@@]1(O)[C@H](O)[C@@H](CO)O[C@@]1(C=O)n1cnc2c(N)ncnc21. The van der Waals surface area contributed by atoms with Crippen LogP contribution < -0.4 is 16.8 Å². The fourth-order valence-corrected chi connectivity index (χ4v) is 2.94. The van der Waals surface area contributed by atoms with Crippen molar-refractivity contribution in [2.45, 2.75) is 23.7 Å². The van der Waals surface area contributed by atoms with Gasteiger partial charge in [0.2, 0.25) is 11.6 Å². The van der Waals surface area contributed by atoms with E-state index >= 15 is 0 Å². The monoisotopic (exact) mass is 367 g/mol. The summed E-state index contributed by atoms with van der Waals surface area (Å²) in [5.74, 6) is -0.875. The van der Waals surface area contributed by atoms with E-state index in [0.29, 0.717) is 0 Å². The van der Waals surface area contributed by atoms with Crippen LogP contribution in [0.3, 0.4) is 0 Å². The maximum Gasteiger partial charge on any atom is 0.256 e. The quantitative estimate of drug-likeness (QED) is 0.220. The second-order valence-corrected chi connectivity index (χ2v) is 5.66. The zero-order chi connectivity index (χ0) is 19.1. The number of aliphatic hydroxyl groups excluding tert-OH is 2. The Balaban J connectivity index is 2.25. The number of carbonyl (C=O) groups excluding carboxylic acids is 2. The lowest BCUT2D eigenvalue weighted by Crippen LogP contribution is -2.68. The summed E-state index contributed by atoms with van der Waals surface area (Å²) in [6, 6.07) is 0. The van der Waals surface area contributed by atoms with Crippen LogP contribution in [0.1, 0.15) is 0 Å². The molecule has 1 aliphatic heterocycles. The van der Waals surface area contributed by atoms with Crippen molar-refractivity contribution in [3.05, 3.63) is 12.7 Å². The number of nitrogens with zero attached hydrogens (tertiary/aromatic N) is 4. The van der Waals surface area contributed by atoms with Gasteiger partial charge in [-0.2, -0.15) is 0 Å². The van der Waals surface area contributed by atoms with E-state index in [1.807, 2.05) is 0 Å². The van der Waals surface area contributed by atoms with E-state index in [-0.39, 0.29) is 23.3 Å². The summed E-state index contributed by atoms with van der Waals surface area (Å²) < 4.78 is 6.45. The molecule has 3 heterocycles. The van der Waals surface area contributed by atoms with E-state index in [2.05, 4.69) is 20.3 Å². The third-order valence-electron chi connectivity index (χ3n) is 4.23. The first-order valence-corrected chi connectivity index (χ1v) is 7.45. The molecule has 4 atom stereocenters. The third-order valence-corrected chi connectivity index (χ3v) is 4.23. The molecule has 1 fully saturated rings. The van der Waals surface area contributed by atoms with Crippen LogP contribution >= 0.6 is 0 Å². The van der Waals surface area contributed by atoms with Crippen LogP contribution in [0, 0.1) is 0 Å². The minimum atomic E-state index is -2.67. The van der Waals surface area contributed by atoms with Gasteiger partial charge in [-0.25, -0.2) is 15.0 Å². The van der Waals surface area contributed by atoms with Gasteiger partial charge in [-0.1, -0.05) is 0 Å². The molecule has 1 aliphatic rings. The lowest BCUT2D eigenvalue weighted by molar-refractivity contribution is -0.199. The average molecular weight is 367 g/mol. The summed E-state index contributed by atoms with van der Waals surface area (Å²) in [7, 11) is 0. The van der Waals surface area contributed by atoms with Gasteiger partial charge in [-0.15, -0.1) is 0 Å². The molecule has 0 saturated carbocycles. The second-order valence-electron chi connectivity index (χ2n) is 5.66. The van der Waals surface area contributed by atoms with E-state index in [9.17, 15) is 24.9 Å². The fourth-order valence-electron chi connectivity index (χ4n) is 2.94. The van der Waals surface area contributed by atoms with Gasteiger partial charge in [0.15, 0.2) is 17.8 Å². The summed E-state index contributed by atoms with van der Waals surface area (Å²) in [4.78, 5) is 35.6. The molecular formula is C13H17N7O6. The minimum absolute atomic E-state index is 0.00147. The Morgan fingerprint density at radius 1 is 1.46 bits per heavy atom. The predicted molar refractivity (Wildman–Crippen MR) is 83.9 cm³/mol. The summed E-state index contributed by atoms with van der Waals surface area (Å²) in [5.41, 5.74) is 5.97. The first-order chi connectivity index (χ1) is 12.3. The number of ether oxygens (including phenoxy) is 1. The number of hydrogen-bond donors (Lipinski definition) is 6. The van der Waals surface area contributed by atoms with Crippen LogP contribution in [0.4, 0.5) is 5.82 Å². The van der Waals surface area contributed by atoms with Gasteiger partial charge in [-0.05, 0) is 0 Å². The van der Waals surface area contributed by atoms with Crippen molar-refractivity contribution in [2.24, 2.45) is 5.73 Å². The lowest BCUT2D eigenvalue weighted by Gasteiger charge is -2.38. The number of anilines is 1. The highest BCUT2D eigenvalue weighted by molar-refractivity contribution is 5.84. The van der Waals surface area contributed by atoms with Gasteiger partial charge < -0.3 is 36.8 Å². The third kappa shape index (κ3) is 2.26. The Hall–Kier alpha value is -2.71. The van der Waals surface area contributed by atoms with Crippen LogP contribution in [0.2, 0.25) is 0 Å². The number of carbonyl (C=O) groups is 2. The number of aldehydes is 1. The van der Waals surface area contributed by atoms with Gasteiger partial charge in [0, 0.05) is 0 Å². The van der Waals surface area contributed by atoms with E-state index < -0.39 is 42.7 Å². The summed E-state index contributed by atoms with van der Waals surface area (Å²) in [6.45, 7) is -1.28. The van der Waals surface area contributed by atoms with Crippen molar-refractivity contribution in [2.75, 3.05) is 18.9 Å². The number of aromatic nitrogens is 4. The van der Waals surface area contributed by atoms with Gasteiger partial charge in [0.05, 0.1) is 13.2 Å². The number of rotatable bonds is 5. The summed E-state index contributed by atoms with van der Waals surface area (Å²) in [5, 5.41) is 33.0. The number of amides is 1. The molecule has 2 aromatic rings. The number of aliphatic hydroxyl groups is 3. The molecule has 0 aromatic carbocycles. The molecule has 2 aromatic heterocycles. The maximum absolute atomic E-state index is 12.1. The molecule has 0 bridgehead atoms. The Kier molecular flexibility index (Phi) is 4.33. The highest BCUT2D eigenvalue weighted by Crippen LogP contribution is 2.42. The highest BCUT2D eigenvalue weighted by Gasteiger charge is 2.68. The first kappa shape index (κ1) is 18.1. The van der Waals surface area contributed by atoms with Crippen LogP contribution in [0.15, 0.2) is 12.7 Å². The molecule has 0 aliphatic carbocycles. The van der Waals surface area contributed by atoms with E-state index in [1.165, 1.54) is 0 Å². The average Bonchev–Trinajstić information content (AvgIpc) is 3.15. The number of imidazole rings is 1. The second kappa shape index (κ2) is 6.22. The van der Waals surface area contributed by atoms with Gasteiger partial charge >= 0.3 is 0 Å². The van der Waals surface area contributed by atoms with Crippen LogP contribution in [0.25, 0.3) is 11.2 Å². The topological polar surface area (TPSA) is 212 Å². The molecule has 13 nitrogen and oxygen atoms in total. The van der Waals surface area contributed by atoms with E-state index in [4.69, 9.17) is 16.2 Å². The fraction of sp³-hybridized carbons (Fsp3) is 0.462. The van der Waals surface area contributed by atoms with Gasteiger partial charge in [-0.3, -0.25) is 14.2 Å².